The van der Waals surface area contributed by atoms with E-state index in [1.807, 2.05) is 0 Å². The van der Waals surface area contributed by atoms with E-state index in [0.717, 1.165) is 6.20 Å². The lowest BCUT2D eigenvalue weighted by Crippen LogP contribution is -2.47. The molecule has 5 atom stereocenters. The number of alkyl halides is 1. The van der Waals surface area contributed by atoms with Gasteiger partial charge in [0.25, 0.3) is 11.8 Å². The zero-order chi connectivity index (χ0) is 25.3. The SMILES string of the molecule is [2H]C([2H])(OP1(=O)OCc2cccc(C)c2O1)[C@@]1(F)O[C@@]([2H])(N2C=C(Cl)C(=O)NC2=C)[C@H](O)[C@@H]1O. The van der Waals surface area contributed by atoms with Gasteiger partial charge in [0.2, 0.25) is 0 Å². The van der Waals surface area contributed by atoms with E-state index < -0.39 is 49.6 Å². The van der Waals surface area contributed by atoms with E-state index in [0.29, 0.717) is 16.0 Å². The van der Waals surface area contributed by atoms with Crippen LogP contribution in [-0.2, 0) is 29.8 Å². The lowest BCUT2D eigenvalue weighted by Gasteiger charge is -2.33. The van der Waals surface area contributed by atoms with Crippen LogP contribution in [0.4, 0.5) is 4.39 Å². The fourth-order valence-electron chi connectivity index (χ4n) is 2.99. The van der Waals surface area contributed by atoms with Gasteiger partial charge < -0.3 is 29.7 Å². The molecule has 3 aliphatic rings. The topological polar surface area (TPSA) is 127 Å². The smallest absolute Gasteiger partial charge is 0.403 e. The highest BCUT2D eigenvalue weighted by molar-refractivity contribution is 7.49. The first-order valence-electron chi connectivity index (χ1n) is 10.3. The second-order valence-corrected chi connectivity index (χ2v) is 8.72. The van der Waals surface area contributed by atoms with E-state index in [1.165, 1.54) is 0 Å². The number of nitrogens with one attached hydrogen (secondary N) is 1. The van der Waals surface area contributed by atoms with E-state index >= 15 is 4.39 Å². The highest BCUT2D eigenvalue weighted by atomic mass is 35.5. The van der Waals surface area contributed by atoms with Gasteiger partial charge in [0, 0.05) is 11.8 Å². The molecule has 1 unspecified atom stereocenters. The third-order valence-electron chi connectivity index (χ3n) is 4.60. The molecule has 3 N–H and O–H groups in total. The van der Waals surface area contributed by atoms with Gasteiger partial charge >= 0.3 is 7.82 Å². The van der Waals surface area contributed by atoms with Crippen LogP contribution >= 0.6 is 19.4 Å². The van der Waals surface area contributed by atoms with Crippen molar-refractivity contribution in [2.45, 2.75) is 37.8 Å². The normalized spacial score (nSPS) is 39.6. The molecule has 1 aromatic rings. The van der Waals surface area contributed by atoms with Gasteiger partial charge in [0.15, 0.2) is 6.20 Å². The molecular formula is C18H19ClFN2O8P. The maximum Gasteiger partial charge on any atom is 0.530 e. The molecule has 13 heteroatoms. The van der Waals surface area contributed by atoms with Crippen LogP contribution in [0.2, 0.25) is 0 Å². The summed E-state index contributed by atoms with van der Waals surface area (Å²) in [5.41, 5.74) is 1.00. The second kappa shape index (κ2) is 7.86. The number of hydrogen-bond donors (Lipinski definition) is 3. The number of para-hydroxylation sites is 1. The van der Waals surface area contributed by atoms with Crippen molar-refractivity contribution in [3.8, 4) is 5.75 Å². The largest absolute Gasteiger partial charge is 0.530 e. The van der Waals surface area contributed by atoms with Crippen LogP contribution in [0.5, 0.6) is 5.75 Å². The third-order valence-corrected chi connectivity index (χ3v) is 6.04. The number of aliphatic hydroxyl groups is 2. The van der Waals surface area contributed by atoms with Gasteiger partial charge in [-0.1, -0.05) is 36.4 Å². The second-order valence-electron chi connectivity index (χ2n) is 6.79. The van der Waals surface area contributed by atoms with Crippen molar-refractivity contribution in [1.82, 2.24) is 10.2 Å². The van der Waals surface area contributed by atoms with Crippen molar-refractivity contribution in [3.63, 3.8) is 0 Å². The van der Waals surface area contributed by atoms with Crippen molar-refractivity contribution in [3.05, 3.63) is 53.0 Å². The maximum atomic E-state index is 15.9. The lowest BCUT2D eigenvalue weighted by atomic mass is 10.1. The molecule has 0 aliphatic carbocycles. The Morgan fingerprint density at radius 1 is 1.58 bits per heavy atom. The summed E-state index contributed by atoms with van der Waals surface area (Å²) in [5.74, 6) is -5.10. The number of halogens is 2. The number of hydrogen-bond acceptors (Lipinski definition) is 9. The number of carbonyl (C=O) groups excluding carboxylic acids is 1. The number of aliphatic hydroxyl groups excluding tert-OH is 2. The standard InChI is InChI=1S/C18H19ClFN2O8P/c1-9-4-3-5-11-7-27-31(26,30-14(9)11)28-8-18(20)15(24)13(23)17(29-18)22-6-12(19)16(25)21-10(22)2/h3-6,13,15,17,23-24H,2,7-8H2,1H3,(H,21,25)/t13-,15+,17-,18-,31?/m1/s1/i8D2,17D. The number of fused-ring (bicyclic) bond motifs is 1. The third kappa shape index (κ3) is 3.98. The number of carbonyl (C=O) groups is 1. The summed E-state index contributed by atoms with van der Waals surface area (Å²) in [7, 11) is -4.81. The molecule has 3 aliphatic heterocycles. The summed E-state index contributed by atoms with van der Waals surface area (Å²) in [6.45, 7) is 0.960. The molecular weight excluding hydrogens is 458 g/mol. The first-order valence-corrected chi connectivity index (χ1v) is 10.6. The quantitative estimate of drug-likeness (QED) is 0.553. The molecule has 0 saturated carbocycles. The minimum atomic E-state index is -4.81. The summed E-state index contributed by atoms with van der Waals surface area (Å²) in [6, 6.07) is 4.91. The van der Waals surface area contributed by atoms with Gasteiger partial charge in [-0.2, -0.15) is 0 Å². The Hall–Kier alpha value is -1.98. The van der Waals surface area contributed by atoms with E-state index in [2.05, 4.69) is 11.9 Å². The Kier molecular flexibility index (Phi) is 4.71. The average molecular weight is 480 g/mol. The first kappa shape index (κ1) is 18.6. The molecule has 0 bridgehead atoms. The lowest BCUT2D eigenvalue weighted by molar-refractivity contribution is -0.208. The van der Waals surface area contributed by atoms with E-state index in [4.69, 9.17) is 34.0 Å². The van der Waals surface area contributed by atoms with E-state index in [9.17, 15) is 19.6 Å². The maximum absolute atomic E-state index is 15.9. The van der Waals surface area contributed by atoms with Crippen LogP contribution in [0.15, 0.2) is 41.8 Å². The number of phosphoric acid groups is 1. The zero-order valence-electron chi connectivity index (χ0n) is 18.9. The number of amides is 1. The molecule has 31 heavy (non-hydrogen) atoms. The molecule has 1 aromatic carbocycles. The number of rotatable bonds is 4. The number of aryl methyl sites for hydroxylation is 1. The fraction of sp³-hybridized carbons (Fsp3) is 0.389. The Balaban J connectivity index is 1.64. The molecule has 0 aromatic heterocycles. The highest BCUT2D eigenvalue weighted by Gasteiger charge is 2.58. The number of ether oxygens (including phenoxy) is 1. The first-order chi connectivity index (χ1) is 15.6. The summed E-state index contributed by atoms with van der Waals surface area (Å²) < 4.78 is 73.3. The molecule has 1 fully saturated rings. The van der Waals surface area contributed by atoms with Gasteiger partial charge in [-0.25, -0.2) is 8.96 Å². The van der Waals surface area contributed by atoms with Crippen LogP contribution in [0.25, 0.3) is 0 Å². The molecule has 10 nitrogen and oxygen atoms in total. The molecule has 4 rings (SSSR count). The molecule has 168 valence electrons. The summed E-state index contributed by atoms with van der Waals surface area (Å²) >= 11 is 5.73. The number of nitrogens with zero attached hydrogens (tertiary/aromatic N) is 1. The summed E-state index contributed by atoms with van der Waals surface area (Å²) in [5, 5.41) is 22.5. The Morgan fingerprint density at radius 2 is 2.32 bits per heavy atom. The Bertz CT molecular complexity index is 1160. The van der Waals surface area contributed by atoms with Crippen LogP contribution in [-0.4, -0.2) is 51.8 Å². The van der Waals surface area contributed by atoms with Gasteiger partial charge in [0.1, 0.15) is 35.4 Å². The molecule has 0 spiro atoms. The minimum Gasteiger partial charge on any atom is -0.403 e. The Labute approximate surface area is 185 Å². The van der Waals surface area contributed by atoms with Crippen LogP contribution in [0.3, 0.4) is 0 Å². The van der Waals surface area contributed by atoms with Gasteiger partial charge in [-0.15, -0.1) is 0 Å². The minimum absolute atomic E-state index is 0.0867. The summed E-state index contributed by atoms with van der Waals surface area (Å²) in [6.07, 6.45) is -7.41. The average Bonchev–Trinajstić information content (AvgIpc) is 2.93. The van der Waals surface area contributed by atoms with Crippen molar-refractivity contribution in [2.75, 3.05) is 6.56 Å². The van der Waals surface area contributed by atoms with Crippen LogP contribution in [0.1, 0.15) is 15.2 Å². The molecule has 3 heterocycles. The molecule has 0 radical (unpaired) electrons. The van der Waals surface area contributed by atoms with Gasteiger partial charge in [-0.3, -0.25) is 13.8 Å². The van der Waals surface area contributed by atoms with Gasteiger partial charge in [-0.05, 0) is 12.5 Å². The predicted molar refractivity (Wildman–Crippen MR) is 104 cm³/mol. The molecule has 1 saturated heterocycles. The van der Waals surface area contributed by atoms with Crippen LogP contribution in [0, 0.1) is 6.92 Å². The van der Waals surface area contributed by atoms with E-state index in [1.54, 1.807) is 25.1 Å². The number of phosphoric ester groups is 1. The highest BCUT2D eigenvalue weighted by Crippen LogP contribution is 2.56. The predicted octanol–water partition coefficient (Wildman–Crippen LogP) is 1.76. The van der Waals surface area contributed by atoms with Crippen molar-refractivity contribution < 1.29 is 46.4 Å². The Morgan fingerprint density at radius 3 is 3.06 bits per heavy atom. The van der Waals surface area contributed by atoms with Crippen LogP contribution < -0.4 is 9.84 Å². The van der Waals surface area contributed by atoms with Crippen molar-refractivity contribution in [1.29, 1.82) is 0 Å². The summed E-state index contributed by atoms with van der Waals surface area (Å²) in [4.78, 5) is 12.2. The van der Waals surface area contributed by atoms with E-state index in [-0.39, 0.29) is 18.2 Å². The van der Waals surface area contributed by atoms with Crippen molar-refractivity contribution >= 4 is 25.3 Å². The zero-order valence-corrected chi connectivity index (χ0v) is 17.5. The monoisotopic (exact) mass is 479 g/mol. The molecule has 1 amide bonds. The number of benzene rings is 1. The van der Waals surface area contributed by atoms with Crippen molar-refractivity contribution in [2.24, 2.45) is 0 Å². The van der Waals surface area contributed by atoms with Gasteiger partial charge in [0.05, 0.1) is 10.7 Å². The fourth-order valence-corrected chi connectivity index (χ4v) is 4.29.